The normalized spacial score (nSPS) is 21.2. The molecule has 1 heterocycles. The summed E-state index contributed by atoms with van der Waals surface area (Å²) in [5.41, 5.74) is 5.25. The number of nitrogens with zero attached hydrogens (tertiary/aromatic N) is 1. The summed E-state index contributed by atoms with van der Waals surface area (Å²) in [5, 5.41) is 0.184. The quantitative estimate of drug-likeness (QED) is 0.912. The van der Waals surface area contributed by atoms with Crippen LogP contribution in [0, 0.1) is 5.92 Å². The summed E-state index contributed by atoms with van der Waals surface area (Å²) in [4.78, 5) is 11.3. The van der Waals surface area contributed by atoms with Gasteiger partial charge in [-0.05, 0) is 25.0 Å². The number of rotatable bonds is 3. The van der Waals surface area contributed by atoms with Gasteiger partial charge in [-0.3, -0.25) is 4.79 Å². The topological polar surface area (TPSA) is 80.5 Å². The Balaban J connectivity index is 2.30. The van der Waals surface area contributed by atoms with Gasteiger partial charge in [0.1, 0.15) is 4.90 Å². The Labute approximate surface area is 117 Å². The van der Waals surface area contributed by atoms with Crippen molar-refractivity contribution < 1.29 is 13.2 Å². The van der Waals surface area contributed by atoms with Crippen LogP contribution in [-0.2, 0) is 14.8 Å². The predicted molar refractivity (Wildman–Crippen MR) is 72.1 cm³/mol. The number of carbonyl (C=O) groups is 1. The molecule has 2 rings (SSSR count). The van der Waals surface area contributed by atoms with E-state index in [-0.39, 0.29) is 16.5 Å². The van der Waals surface area contributed by atoms with Crippen LogP contribution in [0.5, 0.6) is 0 Å². The summed E-state index contributed by atoms with van der Waals surface area (Å²) in [5.74, 6) is -0.884. The van der Waals surface area contributed by atoms with E-state index in [9.17, 15) is 13.2 Å². The van der Waals surface area contributed by atoms with Crippen LogP contribution < -0.4 is 5.73 Å². The summed E-state index contributed by atoms with van der Waals surface area (Å²) in [7, 11) is -3.67. The van der Waals surface area contributed by atoms with Crippen molar-refractivity contribution in [2.24, 2.45) is 11.7 Å². The lowest BCUT2D eigenvalue weighted by Crippen LogP contribution is -2.44. The van der Waals surface area contributed by atoms with Crippen molar-refractivity contribution in [1.29, 1.82) is 0 Å². The van der Waals surface area contributed by atoms with Gasteiger partial charge in [-0.2, -0.15) is 4.31 Å². The van der Waals surface area contributed by atoms with E-state index in [4.69, 9.17) is 17.3 Å². The Morgan fingerprint density at radius 3 is 2.68 bits per heavy atom. The van der Waals surface area contributed by atoms with Gasteiger partial charge >= 0.3 is 0 Å². The minimum Gasteiger partial charge on any atom is -0.369 e. The number of halogens is 1. The molecule has 1 aromatic rings. The van der Waals surface area contributed by atoms with Gasteiger partial charge in [-0.1, -0.05) is 23.7 Å². The second-order valence-corrected chi connectivity index (χ2v) is 6.85. The van der Waals surface area contributed by atoms with Crippen LogP contribution in [-0.4, -0.2) is 31.7 Å². The Kier molecular flexibility index (Phi) is 4.13. The van der Waals surface area contributed by atoms with Crippen LogP contribution in [0.3, 0.4) is 0 Å². The van der Waals surface area contributed by atoms with Gasteiger partial charge in [0, 0.05) is 13.1 Å². The molecule has 0 aliphatic carbocycles. The third-order valence-electron chi connectivity index (χ3n) is 3.24. The minimum absolute atomic E-state index is 0.0711. The van der Waals surface area contributed by atoms with E-state index < -0.39 is 21.8 Å². The largest absolute Gasteiger partial charge is 0.369 e. The molecule has 0 radical (unpaired) electrons. The first-order valence-corrected chi connectivity index (χ1v) is 7.78. The van der Waals surface area contributed by atoms with Crippen molar-refractivity contribution in [2.45, 2.75) is 17.7 Å². The monoisotopic (exact) mass is 302 g/mol. The highest BCUT2D eigenvalue weighted by molar-refractivity contribution is 7.89. The molecule has 0 unspecified atom stereocenters. The Hall–Kier alpha value is -1.11. The number of nitrogens with two attached hydrogens (primary N) is 1. The smallest absolute Gasteiger partial charge is 0.244 e. The molecule has 0 saturated carbocycles. The first-order valence-electron chi connectivity index (χ1n) is 5.97. The number of hydrogen-bond donors (Lipinski definition) is 1. The minimum atomic E-state index is -3.67. The number of piperidine rings is 1. The molecule has 19 heavy (non-hydrogen) atoms. The van der Waals surface area contributed by atoms with Crippen molar-refractivity contribution in [3.8, 4) is 0 Å². The van der Waals surface area contributed by atoms with Gasteiger partial charge in [0.15, 0.2) is 0 Å². The summed E-state index contributed by atoms with van der Waals surface area (Å²) >= 11 is 5.93. The van der Waals surface area contributed by atoms with Gasteiger partial charge in [0.2, 0.25) is 15.9 Å². The van der Waals surface area contributed by atoms with Crippen LogP contribution in [0.1, 0.15) is 12.8 Å². The van der Waals surface area contributed by atoms with Crippen LogP contribution in [0.4, 0.5) is 0 Å². The maximum Gasteiger partial charge on any atom is 0.244 e. The standard InChI is InChI=1S/C12H15ClN2O3S/c13-10-5-1-2-6-11(10)19(17,18)15-7-3-4-9(8-15)12(14)16/h1-2,5-6,9H,3-4,7-8H2,(H2,14,16)/t9-/m1/s1. The van der Waals surface area contributed by atoms with Crippen molar-refractivity contribution in [1.82, 2.24) is 4.31 Å². The maximum atomic E-state index is 12.5. The van der Waals surface area contributed by atoms with Crippen molar-refractivity contribution in [3.63, 3.8) is 0 Å². The molecule has 5 nitrogen and oxygen atoms in total. The molecule has 104 valence electrons. The number of carbonyl (C=O) groups excluding carboxylic acids is 1. The number of primary amides is 1. The Morgan fingerprint density at radius 2 is 2.05 bits per heavy atom. The zero-order chi connectivity index (χ0) is 14.0. The summed E-state index contributed by atoms with van der Waals surface area (Å²) in [6, 6.07) is 6.29. The summed E-state index contributed by atoms with van der Waals surface area (Å²) < 4.78 is 26.2. The van der Waals surface area contributed by atoms with E-state index >= 15 is 0 Å². The van der Waals surface area contributed by atoms with Crippen molar-refractivity contribution in [2.75, 3.05) is 13.1 Å². The fourth-order valence-corrected chi connectivity index (χ4v) is 4.20. The third kappa shape index (κ3) is 2.91. The molecule has 1 aliphatic heterocycles. The maximum absolute atomic E-state index is 12.5. The van der Waals surface area contributed by atoms with Gasteiger partial charge < -0.3 is 5.73 Å². The molecular weight excluding hydrogens is 288 g/mol. The molecule has 1 aromatic carbocycles. The van der Waals surface area contributed by atoms with E-state index in [0.717, 1.165) is 0 Å². The lowest BCUT2D eigenvalue weighted by atomic mass is 9.99. The first kappa shape index (κ1) is 14.3. The molecular formula is C12H15ClN2O3S. The molecule has 1 atom stereocenters. The average Bonchev–Trinajstić information content (AvgIpc) is 2.39. The number of benzene rings is 1. The van der Waals surface area contributed by atoms with Gasteiger partial charge in [-0.25, -0.2) is 8.42 Å². The molecule has 7 heteroatoms. The van der Waals surface area contributed by atoms with Crippen LogP contribution in [0.2, 0.25) is 5.02 Å². The summed E-state index contributed by atoms with van der Waals surface area (Å²) in [6.07, 6.45) is 1.25. The molecule has 1 aliphatic rings. The fourth-order valence-electron chi connectivity index (χ4n) is 2.19. The SMILES string of the molecule is NC(=O)[C@@H]1CCCN(S(=O)(=O)c2ccccc2Cl)C1. The number of amides is 1. The number of hydrogen-bond acceptors (Lipinski definition) is 3. The molecule has 0 spiro atoms. The van der Waals surface area contributed by atoms with Crippen molar-refractivity contribution >= 4 is 27.5 Å². The van der Waals surface area contributed by atoms with Crippen LogP contribution in [0.25, 0.3) is 0 Å². The average molecular weight is 303 g/mol. The van der Waals surface area contributed by atoms with Crippen LogP contribution >= 0.6 is 11.6 Å². The predicted octanol–water partition coefficient (Wildman–Crippen LogP) is 1.23. The Bertz CT molecular complexity index is 588. The fraction of sp³-hybridized carbons (Fsp3) is 0.417. The van der Waals surface area contributed by atoms with Gasteiger partial charge in [-0.15, -0.1) is 0 Å². The molecule has 0 aromatic heterocycles. The molecule has 2 N–H and O–H groups in total. The van der Waals surface area contributed by atoms with E-state index in [1.165, 1.54) is 16.4 Å². The third-order valence-corrected chi connectivity index (χ3v) is 5.61. The first-order chi connectivity index (χ1) is 8.93. The van der Waals surface area contributed by atoms with Gasteiger partial charge in [0.25, 0.3) is 0 Å². The highest BCUT2D eigenvalue weighted by atomic mass is 35.5. The summed E-state index contributed by atoms with van der Waals surface area (Å²) in [6.45, 7) is 0.514. The second kappa shape index (κ2) is 5.48. The van der Waals surface area contributed by atoms with E-state index in [1.807, 2.05) is 0 Å². The van der Waals surface area contributed by atoms with Crippen LogP contribution in [0.15, 0.2) is 29.2 Å². The van der Waals surface area contributed by atoms with Gasteiger partial charge in [0.05, 0.1) is 10.9 Å². The molecule has 0 bridgehead atoms. The highest BCUT2D eigenvalue weighted by Crippen LogP contribution is 2.27. The lowest BCUT2D eigenvalue weighted by molar-refractivity contribution is -0.122. The highest BCUT2D eigenvalue weighted by Gasteiger charge is 2.33. The zero-order valence-corrected chi connectivity index (χ0v) is 11.8. The second-order valence-electron chi connectivity index (χ2n) is 4.53. The van der Waals surface area contributed by atoms with E-state index in [1.54, 1.807) is 12.1 Å². The Morgan fingerprint density at radius 1 is 1.37 bits per heavy atom. The van der Waals surface area contributed by atoms with Crippen molar-refractivity contribution in [3.05, 3.63) is 29.3 Å². The van der Waals surface area contributed by atoms with E-state index in [2.05, 4.69) is 0 Å². The molecule has 1 saturated heterocycles. The molecule has 1 fully saturated rings. The van der Waals surface area contributed by atoms with E-state index in [0.29, 0.717) is 19.4 Å². The lowest BCUT2D eigenvalue weighted by Gasteiger charge is -2.30. The molecule has 1 amide bonds. The number of sulfonamides is 1. The zero-order valence-electron chi connectivity index (χ0n) is 10.3.